The van der Waals surface area contributed by atoms with Crippen molar-refractivity contribution in [1.82, 2.24) is 10.6 Å². The molecule has 118 valence electrons. The number of amides is 1. The van der Waals surface area contributed by atoms with Crippen LogP contribution in [0.5, 0.6) is 5.75 Å². The summed E-state index contributed by atoms with van der Waals surface area (Å²) < 4.78 is 10.1. The largest absolute Gasteiger partial charge is 0.497 e. The van der Waals surface area contributed by atoms with Crippen LogP contribution in [0.3, 0.4) is 0 Å². The van der Waals surface area contributed by atoms with E-state index in [2.05, 4.69) is 10.6 Å². The van der Waals surface area contributed by atoms with Gasteiger partial charge in [0.2, 0.25) is 5.91 Å². The molecule has 1 unspecified atom stereocenters. The molecule has 21 heavy (non-hydrogen) atoms. The molecule has 0 fully saturated rings. The van der Waals surface area contributed by atoms with Gasteiger partial charge in [0.05, 0.1) is 13.2 Å². The molecule has 5 heteroatoms. The van der Waals surface area contributed by atoms with E-state index in [0.29, 0.717) is 13.2 Å². The summed E-state index contributed by atoms with van der Waals surface area (Å²) in [5.74, 6) is 0.835. The number of carbonyl (C=O) groups excluding carboxylic acids is 1. The van der Waals surface area contributed by atoms with Crippen molar-refractivity contribution < 1.29 is 14.3 Å². The highest BCUT2D eigenvalue weighted by atomic mass is 16.5. The van der Waals surface area contributed by atoms with Gasteiger partial charge in [0.25, 0.3) is 0 Å². The topological polar surface area (TPSA) is 59.6 Å². The second-order valence-corrected chi connectivity index (χ2v) is 5.02. The van der Waals surface area contributed by atoms with Crippen molar-refractivity contribution in [3.05, 3.63) is 29.8 Å². The second-order valence-electron chi connectivity index (χ2n) is 5.02. The minimum absolute atomic E-state index is 0.00599. The maximum atomic E-state index is 11.9. The molecule has 0 spiro atoms. The Labute approximate surface area is 127 Å². The van der Waals surface area contributed by atoms with E-state index in [0.717, 1.165) is 17.7 Å². The molecule has 0 aliphatic carbocycles. The summed E-state index contributed by atoms with van der Waals surface area (Å²) >= 11 is 0. The van der Waals surface area contributed by atoms with Gasteiger partial charge < -0.3 is 14.8 Å². The summed E-state index contributed by atoms with van der Waals surface area (Å²) in [5.41, 5.74) is 1.12. The zero-order chi connectivity index (χ0) is 15.7. The lowest BCUT2D eigenvalue weighted by atomic mass is 10.1. The number of methoxy groups -OCH3 is 2. The molecule has 0 saturated carbocycles. The van der Waals surface area contributed by atoms with Crippen LogP contribution in [0, 0.1) is 0 Å². The predicted molar refractivity (Wildman–Crippen MR) is 83.5 cm³/mol. The number of hydrogen-bond acceptors (Lipinski definition) is 4. The van der Waals surface area contributed by atoms with E-state index in [1.54, 1.807) is 14.2 Å². The monoisotopic (exact) mass is 294 g/mol. The van der Waals surface area contributed by atoms with Crippen molar-refractivity contribution in [3.63, 3.8) is 0 Å². The molecule has 1 amide bonds. The Bertz CT molecular complexity index is 420. The summed E-state index contributed by atoms with van der Waals surface area (Å²) in [5, 5.41) is 6.18. The SMILES string of the molecule is COCCCNC(=O)C(C)N[C@@H](C)c1ccc(OC)cc1. The molecule has 0 aliphatic rings. The Balaban J connectivity index is 2.41. The maximum absolute atomic E-state index is 11.9. The van der Waals surface area contributed by atoms with E-state index >= 15 is 0 Å². The highest BCUT2D eigenvalue weighted by molar-refractivity contribution is 5.81. The summed E-state index contributed by atoms with van der Waals surface area (Å²) in [4.78, 5) is 11.9. The van der Waals surface area contributed by atoms with E-state index in [9.17, 15) is 4.79 Å². The van der Waals surface area contributed by atoms with E-state index in [1.165, 1.54) is 0 Å². The van der Waals surface area contributed by atoms with Gasteiger partial charge in [0.1, 0.15) is 5.75 Å². The van der Waals surface area contributed by atoms with Crippen LogP contribution in [0.1, 0.15) is 31.9 Å². The summed E-state index contributed by atoms with van der Waals surface area (Å²) in [6, 6.07) is 7.69. The van der Waals surface area contributed by atoms with E-state index in [1.807, 2.05) is 38.1 Å². The van der Waals surface area contributed by atoms with Crippen molar-refractivity contribution >= 4 is 5.91 Å². The minimum atomic E-state index is -0.246. The lowest BCUT2D eigenvalue weighted by molar-refractivity contribution is -0.122. The Hall–Kier alpha value is -1.59. The van der Waals surface area contributed by atoms with Gasteiger partial charge in [-0.1, -0.05) is 12.1 Å². The van der Waals surface area contributed by atoms with Crippen LogP contribution in [-0.4, -0.2) is 39.3 Å². The van der Waals surface area contributed by atoms with Crippen molar-refractivity contribution in [3.8, 4) is 5.75 Å². The lowest BCUT2D eigenvalue weighted by Gasteiger charge is -2.20. The summed E-state index contributed by atoms with van der Waals surface area (Å²) in [6.07, 6.45) is 0.822. The fourth-order valence-corrected chi connectivity index (χ4v) is 2.02. The summed E-state index contributed by atoms with van der Waals surface area (Å²) in [7, 11) is 3.30. The van der Waals surface area contributed by atoms with Crippen LogP contribution in [0.25, 0.3) is 0 Å². The molecule has 0 saturated heterocycles. The third kappa shape index (κ3) is 6.14. The third-order valence-corrected chi connectivity index (χ3v) is 3.33. The smallest absolute Gasteiger partial charge is 0.236 e. The van der Waals surface area contributed by atoms with Gasteiger partial charge in [-0.2, -0.15) is 0 Å². The first-order valence-corrected chi connectivity index (χ1v) is 7.25. The number of ether oxygens (including phenoxy) is 2. The molecule has 0 aromatic heterocycles. The normalized spacial score (nSPS) is 13.5. The van der Waals surface area contributed by atoms with Crippen molar-refractivity contribution in [2.45, 2.75) is 32.4 Å². The average molecular weight is 294 g/mol. The predicted octanol–water partition coefficient (Wildman–Crippen LogP) is 1.89. The molecular weight excluding hydrogens is 268 g/mol. The molecule has 0 bridgehead atoms. The quantitative estimate of drug-likeness (QED) is 0.683. The zero-order valence-corrected chi connectivity index (χ0v) is 13.3. The molecule has 1 aromatic carbocycles. The van der Waals surface area contributed by atoms with Gasteiger partial charge in [0.15, 0.2) is 0 Å². The first-order valence-electron chi connectivity index (χ1n) is 7.25. The number of benzene rings is 1. The van der Waals surface area contributed by atoms with Crippen LogP contribution < -0.4 is 15.4 Å². The number of rotatable bonds is 9. The summed E-state index contributed by atoms with van der Waals surface area (Å²) in [6.45, 7) is 5.20. The fourth-order valence-electron chi connectivity index (χ4n) is 2.02. The zero-order valence-electron chi connectivity index (χ0n) is 13.3. The van der Waals surface area contributed by atoms with Crippen LogP contribution in [0.15, 0.2) is 24.3 Å². The number of hydrogen-bond donors (Lipinski definition) is 2. The molecule has 2 N–H and O–H groups in total. The third-order valence-electron chi connectivity index (χ3n) is 3.33. The van der Waals surface area contributed by atoms with Crippen LogP contribution in [0.4, 0.5) is 0 Å². The van der Waals surface area contributed by atoms with Gasteiger partial charge in [-0.3, -0.25) is 10.1 Å². The van der Waals surface area contributed by atoms with Crippen LogP contribution in [0.2, 0.25) is 0 Å². The van der Waals surface area contributed by atoms with Gasteiger partial charge >= 0.3 is 0 Å². The average Bonchev–Trinajstić information content (AvgIpc) is 2.51. The van der Waals surface area contributed by atoms with E-state index < -0.39 is 0 Å². The first-order chi connectivity index (χ1) is 10.1. The number of nitrogens with one attached hydrogen (secondary N) is 2. The van der Waals surface area contributed by atoms with E-state index in [-0.39, 0.29) is 18.0 Å². The molecule has 0 aliphatic heterocycles. The number of carbonyl (C=O) groups is 1. The van der Waals surface area contributed by atoms with Crippen LogP contribution in [-0.2, 0) is 9.53 Å². The van der Waals surface area contributed by atoms with Crippen molar-refractivity contribution in [1.29, 1.82) is 0 Å². The minimum Gasteiger partial charge on any atom is -0.497 e. The fraction of sp³-hybridized carbons (Fsp3) is 0.562. The Morgan fingerprint density at radius 3 is 2.43 bits per heavy atom. The molecule has 2 atom stereocenters. The second kappa shape index (κ2) is 9.37. The Morgan fingerprint density at radius 2 is 1.86 bits per heavy atom. The molecule has 5 nitrogen and oxygen atoms in total. The van der Waals surface area contributed by atoms with Crippen LogP contribution >= 0.6 is 0 Å². The van der Waals surface area contributed by atoms with E-state index in [4.69, 9.17) is 9.47 Å². The highest BCUT2D eigenvalue weighted by Gasteiger charge is 2.15. The molecule has 0 radical (unpaired) electrons. The van der Waals surface area contributed by atoms with Gasteiger partial charge in [-0.25, -0.2) is 0 Å². The van der Waals surface area contributed by atoms with Crippen molar-refractivity contribution in [2.75, 3.05) is 27.4 Å². The first kappa shape index (κ1) is 17.5. The van der Waals surface area contributed by atoms with Gasteiger partial charge in [-0.15, -0.1) is 0 Å². The molecule has 1 rings (SSSR count). The Kier molecular flexibility index (Phi) is 7.79. The van der Waals surface area contributed by atoms with Crippen molar-refractivity contribution in [2.24, 2.45) is 0 Å². The lowest BCUT2D eigenvalue weighted by Crippen LogP contribution is -2.43. The van der Waals surface area contributed by atoms with Gasteiger partial charge in [0, 0.05) is 26.3 Å². The highest BCUT2D eigenvalue weighted by Crippen LogP contribution is 2.17. The standard InChI is InChI=1S/C16H26N2O3/c1-12(14-6-8-15(21-4)9-7-14)18-13(2)16(19)17-10-5-11-20-3/h6-9,12-13,18H,5,10-11H2,1-4H3,(H,17,19)/t12-,13?/m0/s1. The maximum Gasteiger partial charge on any atom is 0.236 e. The molecule has 0 heterocycles. The molecular formula is C16H26N2O3. The Morgan fingerprint density at radius 1 is 1.19 bits per heavy atom. The van der Waals surface area contributed by atoms with Gasteiger partial charge in [-0.05, 0) is 38.0 Å². The molecule has 1 aromatic rings.